The van der Waals surface area contributed by atoms with Crippen LogP contribution < -0.4 is 5.32 Å². The first-order valence-electron chi connectivity index (χ1n) is 7.60. The molecule has 23 heavy (non-hydrogen) atoms. The summed E-state index contributed by atoms with van der Waals surface area (Å²) in [6, 6.07) is 3.61. The fourth-order valence-electron chi connectivity index (χ4n) is 3.13. The lowest BCUT2D eigenvalue weighted by atomic mass is 10.1. The molecule has 0 aliphatic carbocycles. The Morgan fingerprint density at radius 3 is 3.17 bits per heavy atom. The van der Waals surface area contributed by atoms with Gasteiger partial charge in [-0.05, 0) is 18.6 Å². The zero-order chi connectivity index (χ0) is 15.8. The number of nitrogens with one attached hydrogen (secondary N) is 1. The lowest BCUT2D eigenvalue weighted by Crippen LogP contribution is -2.28. The van der Waals surface area contributed by atoms with Gasteiger partial charge in [0.15, 0.2) is 0 Å². The number of aromatic nitrogens is 3. The molecule has 4 rings (SSSR count). The summed E-state index contributed by atoms with van der Waals surface area (Å²) in [5, 5.41) is 5.19. The number of hydrogen-bond donors (Lipinski definition) is 1. The van der Waals surface area contributed by atoms with Gasteiger partial charge in [-0.15, -0.1) is 11.3 Å². The van der Waals surface area contributed by atoms with Gasteiger partial charge in [-0.2, -0.15) is 0 Å². The number of thiazole rings is 1. The first kappa shape index (κ1) is 14.2. The third kappa shape index (κ3) is 2.37. The summed E-state index contributed by atoms with van der Waals surface area (Å²) in [5.41, 5.74) is 1.74. The van der Waals surface area contributed by atoms with Crippen molar-refractivity contribution >= 4 is 28.0 Å². The number of hydrogen-bond acceptors (Lipinski definition) is 5. The molecular formula is C16H17N5OS. The van der Waals surface area contributed by atoms with E-state index in [9.17, 15) is 4.79 Å². The molecule has 1 aliphatic rings. The first-order valence-corrected chi connectivity index (χ1v) is 8.48. The second-order valence-corrected chi connectivity index (χ2v) is 6.52. The average Bonchev–Trinajstić information content (AvgIpc) is 3.30. The molecule has 3 aromatic heterocycles. The van der Waals surface area contributed by atoms with Crippen LogP contribution in [0.1, 0.15) is 28.4 Å². The van der Waals surface area contributed by atoms with Crippen molar-refractivity contribution in [3.8, 4) is 0 Å². The Morgan fingerprint density at radius 2 is 2.39 bits per heavy atom. The lowest BCUT2D eigenvalue weighted by Gasteiger charge is -2.15. The van der Waals surface area contributed by atoms with E-state index in [0.717, 1.165) is 29.4 Å². The zero-order valence-corrected chi connectivity index (χ0v) is 13.6. The van der Waals surface area contributed by atoms with Gasteiger partial charge >= 0.3 is 0 Å². The van der Waals surface area contributed by atoms with Crippen LogP contribution in [0.4, 0.5) is 5.95 Å². The van der Waals surface area contributed by atoms with E-state index in [0.29, 0.717) is 12.1 Å². The third-order valence-electron chi connectivity index (χ3n) is 4.28. The van der Waals surface area contributed by atoms with Crippen LogP contribution >= 0.6 is 11.3 Å². The fraction of sp³-hybridized carbons (Fsp3) is 0.312. The van der Waals surface area contributed by atoms with Gasteiger partial charge in [0.1, 0.15) is 4.83 Å². The number of nitrogens with zero attached hydrogens (tertiary/aromatic N) is 4. The summed E-state index contributed by atoms with van der Waals surface area (Å²) in [6.45, 7) is 1.47. The van der Waals surface area contributed by atoms with Crippen LogP contribution in [0.25, 0.3) is 4.83 Å². The Bertz CT molecular complexity index is 841. The largest absolute Gasteiger partial charge is 0.358 e. The van der Waals surface area contributed by atoms with E-state index < -0.39 is 0 Å². The van der Waals surface area contributed by atoms with Crippen LogP contribution in [0.3, 0.4) is 0 Å². The van der Waals surface area contributed by atoms with Crippen molar-refractivity contribution in [1.29, 1.82) is 0 Å². The van der Waals surface area contributed by atoms with Gasteiger partial charge in [-0.25, -0.2) is 4.98 Å². The van der Waals surface area contributed by atoms with Crippen molar-refractivity contribution < 1.29 is 4.79 Å². The molecule has 3 aromatic rings. The quantitative estimate of drug-likeness (QED) is 0.803. The van der Waals surface area contributed by atoms with Crippen molar-refractivity contribution in [2.75, 3.05) is 25.5 Å². The predicted molar refractivity (Wildman–Crippen MR) is 90.1 cm³/mol. The molecule has 0 radical (unpaired) electrons. The average molecular weight is 327 g/mol. The molecule has 1 N–H and O–H groups in total. The molecule has 118 valence electrons. The van der Waals surface area contributed by atoms with Gasteiger partial charge in [0.2, 0.25) is 5.95 Å². The Balaban J connectivity index is 1.58. The van der Waals surface area contributed by atoms with Gasteiger partial charge in [-0.1, -0.05) is 0 Å². The smallest absolute Gasteiger partial charge is 0.255 e. The number of pyridine rings is 1. The molecule has 1 fully saturated rings. The van der Waals surface area contributed by atoms with Crippen LogP contribution in [-0.2, 0) is 0 Å². The monoisotopic (exact) mass is 327 g/mol. The van der Waals surface area contributed by atoms with Crippen molar-refractivity contribution in [2.24, 2.45) is 0 Å². The van der Waals surface area contributed by atoms with Gasteiger partial charge in [0.25, 0.3) is 5.91 Å². The number of amides is 1. The second-order valence-electron chi connectivity index (χ2n) is 5.63. The highest BCUT2D eigenvalue weighted by molar-refractivity contribution is 7.15. The topological polar surface area (TPSA) is 62.5 Å². The standard InChI is InChI=1S/C16H17N5OS/c1-17-16-19-13(15-21(16)7-8-23-15)12-4-6-20(10-12)14(22)11-3-2-5-18-9-11/h2-3,5,7-9,12H,4,6,10H2,1H3,(H,17,19). The van der Waals surface area contributed by atoms with Gasteiger partial charge < -0.3 is 10.2 Å². The van der Waals surface area contributed by atoms with Crippen LogP contribution in [-0.4, -0.2) is 45.3 Å². The van der Waals surface area contributed by atoms with E-state index in [1.54, 1.807) is 29.8 Å². The number of rotatable bonds is 3. The maximum atomic E-state index is 12.5. The molecule has 6 nitrogen and oxygen atoms in total. The Labute approximate surface area is 137 Å². The molecule has 0 saturated carbocycles. The van der Waals surface area contributed by atoms with Crippen molar-refractivity contribution in [3.05, 3.63) is 47.4 Å². The molecule has 4 heterocycles. The minimum atomic E-state index is 0.0519. The summed E-state index contributed by atoms with van der Waals surface area (Å²) in [6.07, 6.45) is 6.28. The highest BCUT2D eigenvalue weighted by Gasteiger charge is 2.31. The summed E-state index contributed by atoms with van der Waals surface area (Å²) >= 11 is 1.69. The Hall–Kier alpha value is -2.41. The van der Waals surface area contributed by atoms with E-state index in [1.807, 2.05) is 24.2 Å². The van der Waals surface area contributed by atoms with Gasteiger partial charge in [-0.3, -0.25) is 14.2 Å². The second kappa shape index (κ2) is 5.66. The molecule has 0 spiro atoms. The normalized spacial score (nSPS) is 17.8. The number of anilines is 1. The predicted octanol–water partition coefficient (Wildman–Crippen LogP) is 2.46. The summed E-state index contributed by atoms with van der Waals surface area (Å²) in [4.78, 5) is 24.4. The zero-order valence-electron chi connectivity index (χ0n) is 12.8. The molecule has 1 saturated heterocycles. The minimum absolute atomic E-state index is 0.0519. The number of imidazole rings is 1. The Kier molecular flexibility index (Phi) is 3.49. The van der Waals surface area contributed by atoms with E-state index in [2.05, 4.69) is 20.1 Å². The lowest BCUT2D eigenvalue weighted by molar-refractivity contribution is 0.0790. The SMILES string of the molecule is CNc1nc(C2CCN(C(=O)c3cccnc3)C2)c2sccn12. The van der Waals surface area contributed by atoms with Crippen LogP contribution in [0.15, 0.2) is 36.1 Å². The molecule has 7 heteroatoms. The summed E-state index contributed by atoms with van der Waals surface area (Å²) in [5.74, 6) is 1.19. The molecule has 1 unspecified atom stereocenters. The van der Waals surface area contributed by atoms with Gasteiger partial charge in [0, 0.05) is 50.0 Å². The van der Waals surface area contributed by atoms with Crippen LogP contribution in [0, 0.1) is 0 Å². The Morgan fingerprint density at radius 1 is 1.48 bits per heavy atom. The van der Waals surface area contributed by atoms with E-state index in [1.165, 1.54) is 0 Å². The molecular weight excluding hydrogens is 310 g/mol. The number of carbonyl (C=O) groups is 1. The minimum Gasteiger partial charge on any atom is -0.358 e. The first-order chi connectivity index (χ1) is 11.3. The fourth-order valence-corrected chi connectivity index (χ4v) is 4.03. The number of likely N-dealkylation sites (tertiary alicyclic amines) is 1. The van der Waals surface area contributed by atoms with Crippen molar-refractivity contribution in [1.82, 2.24) is 19.3 Å². The summed E-state index contributed by atoms with van der Waals surface area (Å²) < 4.78 is 2.07. The number of fused-ring (bicyclic) bond motifs is 1. The molecule has 0 aromatic carbocycles. The maximum absolute atomic E-state index is 12.5. The third-order valence-corrected chi connectivity index (χ3v) is 5.16. The van der Waals surface area contributed by atoms with E-state index >= 15 is 0 Å². The number of carbonyl (C=O) groups excluding carboxylic acids is 1. The highest BCUT2D eigenvalue weighted by Crippen LogP contribution is 2.33. The molecule has 0 bridgehead atoms. The highest BCUT2D eigenvalue weighted by atomic mass is 32.1. The van der Waals surface area contributed by atoms with Crippen molar-refractivity contribution in [3.63, 3.8) is 0 Å². The molecule has 1 aliphatic heterocycles. The van der Waals surface area contributed by atoms with E-state index in [-0.39, 0.29) is 11.8 Å². The van der Waals surface area contributed by atoms with Crippen molar-refractivity contribution in [2.45, 2.75) is 12.3 Å². The molecule has 1 amide bonds. The van der Waals surface area contributed by atoms with Gasteiger partial charge in [0.05, 0.1) is 11.3 Å². The van der Waals surface area contributed by atoms with E-state index in [4.69, 9.17) is 4.98 Å². The maximum Gasteiger partial charge on any atom is 0.255 e. The summed E-state index contributed by atoms with van der Waals surface area (Å²) in [7, 11) is 1.88. The van der Waals surface area contributed by atoms with Crippen LogP contribution in [0.2, 0.25) is 0 Å². The van der Waals surface area contributed by atoms with Crippen LogP contribution in [0.5, 0.6) is 0 Å². The molecule has 1 atom stereocenters.